The van der Waals surface area contributed by atoms with Crippen molar-refractivity contribution in [3.63, 3.8) is 0 Å². The number of nitrogens with two attached hydrogens (primary N) is 1. The summed E-state index contributed by atoms with van der Waals surface area (Å²) < 4.78 is 37.8. The second kappa shape index (κ2) is 4.90. The Kier molecular flexibility index (Phi) is 3.48. The van der Waals surface area contributed by atoms with E-state index in [0.29, 0.717) is 26.2 Å². The van der Waals surface area contributed by atoms with Crippen molar-refractivity contribution in [2.45, 2.75) is 6.18 Å². The first-order chi connectivity index (χ1) is 8.50. The highest BCUT2D eigenvalue weighted by Crippen LogP contribution is 2.27. The fourth-order valence-electron chi connectivity index (χ4n) is 1.56. The molecule has 7 nitrogen and oxygen atoms in total. The minimum atomic E-state index is -4.63. The van der Waals surface area contributed by atoms with Crippen LogP contribution in [0.4, 0.5) is 25.1 Å². The number of hydrazine groups is 1. The van der Waals surface area contributed by atoms with Gasteiger partial charge in [-0.3, -0.25) is 5.43 Å². The molecule has 4 N–H and O–H groups in total. The van der Waals surface area contributed by atoms with E-state index < -0.39 is 12.0 Å². The Bertz CT molecular complexity index is 416. The maximum atomic E-state index is 12.6. The number of hydrogen-bond acceptors (Lipinski definition) is 7. The molecule has 0 spiro atoms. The summed E-state index contributed by atoms with van der Waals surface area (Å²) >= 11 is 0. The van der Waals surface area contributed by atoms with Crippen LogP contribution in [0.1, 0.15) is 5.82 Å². The van der Waals surface area contributed by atoms with E-state index >= 15 is 0 Å². The molecule has 0 saturated carbocycles. The average molecular weight is 263 g/mol. The van der Waals surface area contributed by atoms with E-state index in [-0.39, 0.29) is 11.9 Å². The molecular formula is C8H12F3N7. The van der Waals surface area contributed by atoms with Crippen LogP contribution in [0, 0.1) is 0 Å². The molecule has 10 heteroatoms. The number of rotatable bonds is 2. The lowest BCUT2D eigenvalue weighted by molar-refractivity contribution is -0.144. The fraction of sp³-hybridized carbons (Fsp3) is 0.625. The number of halogens is 3. The van der Waals surface area contributed by atoms with Crippen LogP contribution in [0.3, 0.4) is 0 Å². The number of aromatic nitrogens is 3. The molecular weight excluding hydrogens is 251 g/mol. The summed E-state index contributed by atoms with van der Waals surface area (Å²) in [6.07, 6.45) is -4.63. The van der Waals surface area contributed by atoms with E-state index in [1.807, 2.05) is 5.43 Å². The number of alkyl halides is 3. The van der Waals surface area contributed by atoms with Crippen molar-refractivity contribution in [2.24, 2.45) is 5.84 Å². The largest absolute Gasteiger partial charge is 0.451 e. The lowest BCUT2D eigenvalue weighted by atomic mass is 10.4. The third kappa shape index (κ3) is 2.76. The lowest BCUT2D eigenvalue weighted by Gasteiger charge is -2.27. The molecule has 1 fully saturated rings. The summed E-state index contributed by atoms with van der Waals surface area (Å²) in [4.78, 5) is 12.1. The fourth-order valence-corrected chi connectivity index (χ4v) is 1.56. The highest BCUT2D eigenvalue weighted by Gasteiger charge is 2.36. The highest BCUT2D eigenvalue weighted by molar-refractivity contribution is 5.37. The van der Waals surface area contributed by atoms with E-state index in [1.165, 1.54) is 0 Å². The van der Waals surface area contributed by atoms with Gasteiger partial charge in [0.1, 0.15) is 0 Å². The van der Waals surface area contributed by atoms with Gasteiger partial charge in [0.05, 0.1) is 0 Å². The number of nitrogens with one attached hydrogen (secondary N) is 2. The average Bonchev–Trinajstić information content (AvgIpc) is 2.38. The smallest absolute Gasteiger partial charge is 0.338 e. The van der Waals surface area contributed by atoms with E-state index in [4.69, 9.17) is 5.84 Å². The van der Waals surface area contributed by atoms with Crippen LogP contribution in [0.5, 0.6) is 0 Å². The third-order valence-corrected chi connectivity index (χ3v) is 2.41. The van der Waals surface area contributed by atoms with Crippen molar-refractivity contribution < 1.29 is 13.2 Å². The van der Waals surface area contributed by atoms with Gasteiger partial charge in [-0.25, -0.2) is 5.84 Å². The van der Waals surface area contributed by atoms with Crippen LogP contribution >= 0.6 is 0 Å². The molecule has 2 heterocycles. The van der Waals surface area contributed by atoms with Gasteiger partial charge in [0.25, 0.3) is 0 Å². The normalized spacial score (nSPS) is 16.8. The van der Waals surface area contributed by atoms with Gasteiger partial charge in [0.15, 0.2) is 0 Å². The maximum Gasteiger partial charge on any atom is 0.451 e. The summed E-state index contributed by atoms with van der Waals surface area (Å²) in [6.45, 7) is 2.40. The summed E-state index contributed by atoms with van der Waals surface area (Å²) in [5, 5.41) is 3.08. The third-order valence-electron chi connectivity index (χ3n) is 2.41. The number of hydrogen-bond donors (Lipinski definition) is 3. The highest BCUT2D eigenvalue weighted by atomic mass is 19.4. The van der Waals surface area contributed by atoms with Crippen LogP contribution < -0.4 is 21.5 Å². The van der Waals surface area contributed by atoms with Crippen molar-refractivity contribution in [3.8, 4) is 0 Å². The molecule has 1 aromatic heterocycles. The number of nitrogens with zero attached hydrogens (tertiary/aromatic N) is 4. The first kappa shape index (κ1) is 12.8. The van der Waals surface area contributed by atoms with Gasteiger partial charge in [-0.15, -0.1) is 0 Å². The SMILES string of the molecule is NNc1nc(N2CCNCC2)nc(C(F)(F)F)n1. The van der Waals surface area contributed by atoms with Gasteiger partial charge in [-0.2, -0.15) is 28.1 Å². The Morgan fingerprint density at radius 2 is 1.83 bits per heavy atom. The maximum absolute atomic E-state index is 12.6. The molecule has 0 aromatic carbocycles. The summed E-state index contributed by atoms with van der Waals surface area (Å²) in [5.74, 6) is 3.49. The van der Waals surface area contributed by atoms with Gasteiger partial charge < -0.3 is 10.2 Å². The number of nitrogen functional groups attached to an aromatic ring is 1. The second-order valence-electron chi connectivity index (χ2n) is 3.66. The lowest BCUT2D eigenvalue weighted by Crippen LogP contribution is -2.44. The molecule has 1 aromatic rings. The number of anilines is 2. The molecule has 18 heavy (non-hydrogen) atoms. The van der Waals surface area contributed by atoms with Crippen molar-refractivity contribution in [3.05, 3.63) is 5.82 Å². The summed E-state index contributed by atoms with van der Waals surface area (Å²) in [6, 6.07) is 0. The Hall–Kier alpha value is -1.68. The molecule has 1 aliphatic heterocycles. The standard InChI is InChI=1S/C8H12F3N7/c9-8(10,11)5-14-6(17-12)16-7(15-5)18-3-1-13-2-4-18/h13H,1-4,12H2,(H,14,15,16,17). The topological polar surface area (TPSA) is 92.0 Å². The zero-order valence-corrected chi connectivity index (χ0v) is 9.33. The zero-order valence-electron chi connectivity index (χ0n) is 9.33. The van der Waals surface area contributed by atoms with Gasteiger partial charge in [0, 0.05) is 26.2 Å². The second-order valence-corrected chi connectivity index (χ2v) is 3.66. The van der Waals surface area contributed by atoms with Crippen molar-refractivity contribution >= 4 is 11.9 Å². The molecule has 0 bridgehead atoms. The molecule has 2 rings (SSSR count). The Morgan fingerprint density at radius 3 is 2.39 bits per heavy atom. The van der Waals surface area contributed by atoms with Crippen molar-refractivity contribution in [1.82, 2.24) is 20.3 Å². The molecule has 0 amide bonds. The Morgan fingerprint density at radius 1 is 1.17 bits per heavy atom. The molecule has 1 saturated heterocycles. The summed E-state index contributed by atoms with van der Waals surface area (Å²) in [5.41, 5.74) is 2.01. The minimum Gasteiger partial charge on any atom is -0.338 e. The first-order valence-electron chi connectivity index (χ1n) is 5.26. The monoisotopic (exact) mass is 263 g/mol. The summed E-state index contributed by atoms with van der Waals surface area (Å²) in [7, 11) is 0. The van der Waals surface area contributed by atoms with Gasteiger partial charge in [-0.1, -0.05) is 0 Å². The molecule has 100 valence electrons. The Labute approximate surface area is 101 Å². The molecule has 0 atom stereocenters. The van der Waals surface area contributed by atoms with E-state index in [1.54, 1.807) is 4.90 Å². The molecule has 1 aliphatic rings. The van der Waals surface area contributed by atoms with E-state index in [0.717, 1.165) is 0 Å². The zero-order chi connectivity index (χ0) is 13.2. The van der Waals surface area contributed by atoms with E-state index in [9.17, 15) is 13.2 Å². The molecule has 0 aliphatic carbocycles. The van der Waals surface area contributed by atoms with Crippen LogP contribution in [0.15, 0.2) is 0 Å². The quantitative estimate of drug-likeness (QED) is 0.493. The Balaban J connectivity index is 2.34. The van der Waals surface area contributed by atoms with Crippen molar-refractivity contribution in [1.29, 1.82) is 0 Å². The predicted molar refractivity (Wildman–Crippen MR) is 57.7 cm³/mol. The van der Waals surface area contributed by atoms with Crippen molar-refractivity contribution in [2.75, 3.05) is 36.5 Å². The van der Waals surface area contributed by atoms with E-state index in [2.05, 4.69) is 20.3 Å². The van der Waals surface area contributed by atoms with Crippen LogP contribution in [-0.4, -0.2) is 41.1 Å². The molecule has 0 unspecified atom stereocenters. The van der Waals surface area contributed by atoms with Crippen LogP contribution in [-0.2, 0) is 6.18 Å². The first-order valence-corrected chi connectivity index (χ1v) is 5.26. The van der Waals surface area contributed by atoms with Gasteiger partial charge in [-0.05, 0) is 0 Å². The van der Waals surface area contributed by atoms with Crippen LogP contribution in [0.25, 0.3) is 0 Å². The minimum absolute atomic E-state index is 0.0215. The predicted octanol–water partition coefficient (Wildman–Crippen LogP) is -0.414. The van der Waals surface area contributed by atoms with Crippen LogP contribution in [0.2, 0.25) is 0 Å². The number of piperazine rings is 1. The van der Waals surface area contributed by atoms with Gasteiger partial charge >= 0.3 is 6.18 Å². The van der Waals surface area contributed by atoms with Gasteiger partial charge in [0.2, 0.25) is 17.7 Å². The molecule has 0 radical (unpaired) electrons.